The van der Waals surface area contributed by atoms with Crippen molar-refractivity contribution in [2.24, 2.45) is 5.92 Å². The summed E-state index contributed by atoms with van der Waals surface area (Å²) in [7, 11) is -2.34. The highest BCUT2D eigenvalue weighted by Gasteiger charge is 2.28. The molecule has 0 aliphatic carbocycles. The summed E-state index contributed by atoms with van der Waals surface area (Å²) in [5, 5.41) is 9.15. The zero-order valence-electron chi connectivity index (χ0n) is 14.5. The number of methoxy groups -OCH3 is 1. The molecule has 26 heavy (non-hydrogen) atoms. The molecule has 138 valence electrons. The zero-order chi connectivity index (χ0) is 19.3. The fourth-order valence-electron chi connectivity index (χ4n) is 2.04. The summed E-state index contributed by atoms with van der Waals surface area (Å²) >= 11 is 0.990. The van der Waals surface area contributed by atoms with Crippen molar-refractivity contribution >= 4 is 27.3 Å². The number of thiophene rings is 1. The maximum Gasteiger partial charge on any atom is 0.322 e. The van der Waals surface area contributed by atoms with Gasteiger partial charge in [0, 0.05) is 5.56 Å². The second-order valence-corrected chi connectivity index (χ2v) is 8.80. The first-order valence-electron chi connectivity index (χ1n) is 7.74. The van der Waals surface area contributed by atoms with Crippen LogP contribution in [-0.4, -0.2) is 32.6 Å². The molecule has 1 aromatic heterocycles. The summed E-state index contributed by atoms with van der Waals surface area (Å²) < 4.78 is 32.1. The standard InChI is InChI=1S/C18H19NO5S2/c1-12(2)17(18(20)21)19-26(22,23)16-11-10-15(25-16)9-6-13-4-7-14(24-3)8-5-13/h4-5,7-8,10-12,17,19H,1-3H3,(H,20,21)/t17-/m1/s1. The van der Waals surface area contributed by atoms with Crippen molar-refractivity contribution in [2.45, 2.75) is 24.1 Å². The van der Waals surface area contributed by atoms with Gasteiger partial charge in [-0.05, 0) is 42.3 Å². The Bertz CT molecular complexity index is 934. The molecule has 0 unspecified atom stereocenters. The van der Waals surface area contributed by atoms with Gasteiger partial charge in [0.05, 0.1) is 12.0 Å². The van der Waals surface area contributed by atoms with Crippen LogP contribution in [0.4, 0.5) is 0 Å². The predicted octanol–water partition coefficient (Wildman–Crippen LogP) is 2.54. The fourth-order valence-corrected chi connectivity index (χ4v) is 4.55. The Labute approximate surface area is 156 Å². The van der Waals surface area contributed by atoms with Crippen LogP contribution in [0.15, 0.2) is 40.6 Å². The highest BCUT2D eigenvalue weighted by atomic mass is 32.2. The van der Waals surface area contributed by atoms with Crippen LogP contribution >= 0.6 is 11.3 Å². The molecule has 8 heteroatoms. The van der Waals surface area contributed by atoms with E-state index >= 15 is 0 Å². The molecule has 0 spiro atoms. The molecule has 6 nitrogen and oxygen atoms in total. The largest absolute Gasteiger partial charge is 0.497 e. The number of aliphatic carboxylic acids is 1. The first-order valence-corrected chi connectivity index (χ1v) is 10.0. The fraction of sp³-hybridized carbons (Fsp3) is 0.278. The number of nitrogens with one attached hydrogen (secondary N) is 1. The Morgan fingerprint density at radius 3 is 2.35 bits per heavy atom. The summed E-state index contributed by atoms with van der Waals surface area (Å²) in [5.74, 6) is 5.00. The van der Waals surface area contributed by atoms with Gasteiger partial charge >= 0.3 is 5.97 Å². The van der Waals surface area contributed by atoms with E-state index in [9.17, 15) is 13.2 Å². The van der Waals surface area contributed by atoms with Crippen molar-refractivity contribution in [1.82, 2.24) is 4.72 Å². The van der Waals surface area contributed by atoms with Crippen molar-refractivity contribution in [1.29, 1.82) is 0 Å². The van der Waals surface area contributed by atoms with Crippen LogP contribution in [0.25, 0.3) is 0 Å². The van der Waals surface area contributed by atoms with E-state index in [1.54, 1.807) is 51.3 Å². The number of carboxylic acids is 1. The van der Waals surface area contributed by atoms with Gasteiger partial charge in [-0.1, -0.05) is 25.7 Å². The number of ether oxygens (including phenoxy) is 1. The summed E-state index contributed by atoms with van der Waals surface area (Å²) in [6, 6.07) is 9.02. The number of carbonyl (C=O) groups is 1. The summed E-state index contributed by atoms with van der Waals surface area (Å²) in [5.41, 5.74) is 0.771. The second kappa shape index (κ2) is 8.36. The number of benzene rings is 1. The molecule has 0 saturated carbocycles. The number of hydrogen-bond donors (Lipinski definition) is 2. The van der Waals surface area contributed by atoms with Crippen LogP contribution in [0, 0.1) is 17.8 Å². The molecule has 1 atom stereocenters. The van der Waals surface area contributed by atoms with E-state index in [-0.39, 0.29) is 10.1 Å². The third kappa shape index (κ3) is 5.08. The molecule has 2 aromatic rings. The van der Waals surface area contributed by atoms with Crippen molar-refractivity contribution in [3.8, 4) is 17.6 Å². The number of rotatable bonds is 6. The van der Waals surface area contributed by atoms with Gasteiger partial charge in [0.1, 0.15) is 16.0 Å². The molecular weight excluding hydrogens is 374 g/mol. The van der Waals surface area contributed by atoms with Crippen LogP contribution in [0.2, 0.25) is 0 Å². The van der Waals surface area contributed by atoms with Crippen molar-refractivity contribution in [3.63, 3.8) is 0 Å². The van der Waals surface area contributed by atoms with E-state index in [1.807, 2.05) is 0 Å². The van der Waals surface area contributed by atoms with Gasteiger partial charge in [-0.15, -0.1) is 11.3 Å². The first kappa shape index (κ1) is 20.0. The molecule has 2 rings (SSSR count). The summed E-state index contributed by atoms with van der Waals surface area (Å²) in [4.78, 5) is 11.8. The molecule has 0 amide bonds. The summed E-state index contributed by atoms with van der Waals surface area (Å²) in [6.07, 6.45) is 0. The van der Waals surface area contributed by atoms with E-state index in [0.717, 1.165) is 22.6 Å². The highest BCUT2D eigenvalue weighted by Crippen LogP contribution is 2.22. The normalized spacial score (nSPS) is 12.3. The first-order chi connectivity index (χ1) is 12.2. The Morgan fingerprint density at radius 2 is 1.81 bits per heavy atom. The maximum absolute atomic E-state index is 12.4. The molecule has 0 saturated heterocycles. The minimum absolute atomic E-state index is 0.0310. The Hall–Kier alpha value is -2.34. The second-order valence-electron chi connectivity index (χ2n) is 5.78. The molecule has 0 fully saturated rings. The van der Waals surface area contributed by atoms with Gasteiger partial charge in [-0.2, -0.15) is 4.72 Å². The van der Waals surface area contributed by atoms with E-state index in [0.29, 0.717) is 4.88 Å². The third-order valence-electron chi connectivity index (χ3n) is 3.48. The smallest absolute Gasteiger partial charge is 0.322 e. The molecule has 0 aliphatic rings. The summed E-state index contributed by atoms with van der Waals surface area (Å²) in [6.45, 7) is 3.28. The number of carboxylic acid groups (broad SMARTS) is 1. The highest BCUT2D eigenvalue weighted by molar-refractivity contribution is 7.91. The van der Waals surface area contributed by atoms with Crippen LogP contribution in [0.1, 0.15) is 24.3 Å². The zero-order valence-corrected chi connectivity index (χ0v) is 16.1. The van der Waals surface area contributed by atoms with Crippen LogP contribution < -0.4 is 9.46 Å². The van der Waals surface area contributed by atoms with E-state index in [2.05, 4.69) is 16.6 Å². The lowest BCUT2D eigenvalue weighted by Gasteiger charge is -2.17. The van der Waals surface area contributed by atoms with E-state index in [4.69, 9.17) is 9.84 Å². The maximum atomic E-state index is 12.4. The molecule has 1 heterocycles. The Balaban J connectivity index is 2.18. The van der Waals surface area contributed by atoms with Crippen LogP contribution in [-0.2, 0) is 14.8 Å². The molecular formula is C18H19NO5S2. The average molecular weight is 393 g/mol. The van der Waals surface area contributed by atoms with Crippen LogP contribution in [0.5, 0.6) is 5.75 Å². The molecule has 0 aliphatic heterocycles. The van der Waals surface area contributed by atoms with Crippen molar-refractivity contribution in [3.05, 3.63) is 46.8 Å². The van der Waals surface area contributed by atoms with Gasteiger partial charge in [0.25, 0.3) is 10.0 Å². The van der Waals surface area contributed by atoms with Gasteiger partial charge in [0.15, 0.2) is 0 Å². The molecule has 1 aromatic carbocycles. The topological polar surface area (TPSA) is 92.7 Å². The average Bonchev–Trinajstić information content (AvgIpc) is 3.08. The lowest BCUT2D eigenvalue weighted by atomic mass is 10.1. The minimum Gasteiger partial charge on any atom is -0.497 e. The van der Waals surface area contributed by atoms with Gasteiger partial charge in [0.2, 0.25) is 0 Å². The lowest BCUT2D eigenvalue weighted by molar-refractivity contribution is -0.140. The van der Waals surface area contributed by atoms with Crippen LogP contribution in [0.3, 0.4) is 0 Å². The molecule has 0 bridgehead atoms. The molecule has 2 N–H and O–H groups in total. The lowest BCUT2D eigenvalue weighted by Crippen LogP contribution is -2.43. The quantitative estimate of drug-likeness (QED) is 0.736. The SMILES string of the molecule is COc1ccc(C#Cc2ccc(S(=O)(=O)N[C@@H](C(=O)O)C(C)C)s2)cc1. The van der Waals surface area contributed by atoms with Gasteiger partial charge in [-0.3, -0.25) is 4.79 Å². The third-order valence-corrected chi connectivity index (χ3v) is 6.41. The molecule has 0 radical (unpaired) electrons. The van der Waals surface area contributed by atoms with E-state index < -0.39 is 22.0 Å². The van der Waals surface area contributed by atoms with Gasteiger partial charge < -0.3 is 9.84 Å². The number of hydrogen-bond acceptors (Lipinski definition) is 5. The monoisotopic (exact) mass is 393 g/mol. The predicted molar refractivity (Wildman–Crippen MR) is 99.9 cm³/mol. The van der Waals surface area contributed by atoms with Crippen molar-refractivity contribution in [2.75, 3.05) is 7.11 Å². The Kier molecular flexibility index (Phi) is 6.42. The minimum atomic E-state index is -3.92. The van der Waals surface area contributed by atoms with E-state index in [1.165, 1.54) is 6.07 Å². The van der Waals surface area contributed by atoms with Gasteiger partial charge in [-0.25, -0.2) is 8.42 Å². The number of sulfonamides is 1. The van der Waals surface area contributed by atoms with Crippen molar-refractivity contribution < 1.29 is 23.1 Å². The Morgan fingerprint density at radius 1 is 1.15 bits per heavy atom.